The van der Waals surface area contributed by atoms with Crippen molar-refractivity contribution < 1.29 is 14.7 Å². The van der Waals surface area contributed by atoms with Crippen molar-refractivity contribution in [1.29, 1.82) is 0 Å². The molecule has 9 nitrogen and oxygen atoms in total. The highest BCUT2D eigenvalue weighted by atomic mass is 79.9. The second-order valence-electron chi connectivity index (χ2n) is 7.80. The van der Waals surface area contributed by atoms with E-state index in [1.54, 1.807) is 24.3 Å². The number of carbonyl (C=O) groups is 2. The first-order valence-corrected chi connectivity index (χ1v) is 10.9. The van der Waals surface area contributed by atoms with Crippen molar-refractivity contribution in [1.82, 2.24) is 9.55 Å². The predicted molar refractivity (Wildman–Crippen MR) is 123 cm³/mol. The van der Waals surface area contributed by atoms with Crippen LogP contribution < -0.4 is 22.2 Å². The van der Waals surface area contributed by atoms with Gasteiger partial charge in [0.15, 0.2) is 0 Å². The normalized spacial score (nSPS) is 15.0. The fourth-order valence-corrected chi connectivity index (χ4v) is 4.73. The number of hydrogen-bond acceptors (Lipinski definition) is 5. The summed E-state index contributed by atoms with van der Waals surface area (Å²) >= 11 is 3.42. The molecular formula is C22H21BrN4O5. The lowest BCUT2D eigenvalue weighted by atomic mass is 9.96. The molecule has 3 aromatic rings. The number of halogens is 1. The van der Waals surface area contributed by atoms with E-state index in [2.05, 4.69) is 26.2 Å². The van der Waals surface area contributed by atoms with Crippen LogP contribution in [0.1, 0.15) is 35.6 Å². The van der Waals surface area contributed by atoms with Crippen molar-refractivity contribution in [3.63, 3.8) is 0 Å². The maximum atomic E-state index is 12.9. The summed E-state index contributed by atoms with van der Waals surface area (Å²) in [4.78, 5) is 51.6. The largest absolute Gasteiger partial charge is 0.481 e. The van der Waals surface area contributed by atoms with Gasteiger partial charge in [0, 0.05) is 29.2 Å². The minimum Gasteiger partial charge on any atom is -0.481 e. The third-order valence-electron chi connectivity index (χ3n) is 5.61. The first kappa shape index (κ1) is 22.0. The lowest BCUT2D eigenvalue weighted by Gasteiger charge is -2.27. The van der Waals surface area contributed by atoms with Crippen molar-refractivity contribution in [2.75, 3.05) is 5.32 Å². The molecule has 0 aliphatic carbocycles. The van der Waals surface area contributed by atoms with Crippen molar-refractivity contribution >= 4 is 44.5 Å². The second-order valence-corrected chi connectivity index (χ2v) is 8.72. The van der Waals surface area contributed by atoms with Gasteiger partial charge in [0.1, 0.15) is 0 Å². The summed E-state index contributed by atoms with van der Waals surface area (Å²) in [5, 5.41) is 11.9. The number of nitrogens with one attached hydrogen (secondary N) is 2. The molecule has 2 heterocycles. The summed E-state index contributed by atoms with van der Waals surface area (Å²) in [6, 6.07) is 8.15. The quantitative estimate of drug-likeness (QED) is 0.380. The Hall–Kier alpha value is -3.24. The summed E-state index contributed by atoms with van der Waals surface area (Å²) in [5.41, 5.74) is 7.87. The Labute approximate surface area is 190 Å². The molecule has 0 unspecified atom stereocenters. The summed E-state index contributed by atoms with van der Waals surface area (Å²) in [6.07, 6.45) is 0.876. The average Bonchev–Trinajstić information content (AvgIpc) is 2.73. The van der Waals surface area contributed by atoms with Crippen LogP contribution in [0.4, 0.5) is 5.69 Å². The van der Waals surface area contributed by atoms with Gasteiger partial charge in [0.05, 0.1) is 17.5 Å². The van der Waals surface area contributed by atoms with E-state index in [4.69, 9.17) is 5.73 Å². The van der Waals surface area contributed by atoms with Gasteiger partial charge in [-0.05, 0) is 47.7 Å². The molecule has 32 heavy (non-hydrogen) atoms. The van der Waals surface area contributed by atoms with Crippen molar-refractivity contribution in [3.8, 4) is 0 Å². The Bertz CT molecular complexity index is 1360. The summed E-state index contributed by atoms with van der Waals surface area (Å²) in [6.45, 7) is 0.250. The van der Waals surface area contributed by atoms with Crippen LogP contribution in [0.2, 0.25) is 0 Å². The molecule has 2 aromatic carbocycles. The van der Waals surface area contributed by atoms with Crippen molar-refractivity contribution in [2.45, 2.75) is 38.3 Å². The molecule has 0 spiro atoms. The van der Waals surface area contributed by atoms with E-state index < -0.39 is 23.1 Å². The van der Waals surface area contributed by atoms with E-state index in [0.29, 0.717) is 35.1 Å². The van der Waals surface area contributed by atoms with Crippen LogP contribution in [-0.2, 0) is 29.0 Å². The lowest BCUT2D eigenvalue weighted by Crippen LogP contribution is -2.41. The summed E-state index contributed by atoms with van der Waals surface area (Å²) < 4.78 is 2.21. The van der Waals surface area contributed by atoms with Gasteiger partial charge in [0.2, 0.25) is 5.91 Å². The molecule has 1 amide bonds. The number of carboxylic acid groups (broad SMARTS) is 1. The lowest BCUT2D eigenvalue weighted by molar-refractivity contribution is -0.136. The molecule has 4 rings (SSSR count). The number of carboxylic acids is 1. The first-order valence-electron chi connectivity index (χ1n) is 10.1. The number of benzene rings is 2. The Morgan fingerprint density at radius 1 is 1.25 bits per heavy atom. The SMILES string of the molecule is NCc1ccc(NC(=O)C[C@@H]2CCc3cc(Br)cc4[nH]c(=O)c(=O)n2c34)c(CC(=O)O)c1. The van der Waals surface area contributed by atoms with Gasteiger partial charge in [0.25, 0.3) is 0 Å². The highest BCUT2D eigenvalue weighted by Gasteiger charge is 2.27. The fourth-order valence-electron chi connectivity index (χ4n) is 4.23. The highest BCUT2D eigenvalue weighted by molar-refractivity contribution is 9.10. The molecule has 0 saturated carbocycles. The van der Waals surface area contributed by atoms with E-state index in [1.165, 1.54) is 4.57 Å². The number of anilines is 1. The molecule has 1 aliphatic heterocycles. The van der Waals surface area contributed by atoms with Gasteiger partial charge >= 0.3 is 17.1 Å². The maximum absolute atomic E-state index is 12.9. The summed E-state index contributed by atoms with van der Waals surface area (Å²) in [5.74, 6) is -1.40. The van der Waals surface area contributed by atoms with Crippen molar-refractivity contribution in [2.24, 2.45) is 5.73 Å². The Morgan fingerprint density at radius 2 is 2.03 bits per heavy atom. The number of aryl methyl sites for hydroxylation is 1. The third kappa shape index (κ3) is 4.23. The number of amides is 1. The fraction of sp³-hybridized carbons (Fsp3) is 0.273. The third-order valence-corrected chi connectivity index (χ3v) is 6.07. The molecule has 1 aliphatic rings. The van der Waals surface area contributed by atoms with Crippen LogP contribution in [0.3, 0.4) is 0 Å². The smallest absolute Gasteiger partial charge is 0.317 e. The molecule has 166 valence electrons. The van der Waals surface area contributed by atoms with Crippen LogP contribution in [0, 0.1) is 0 Å². The number of hydrogen-bond donors (Lipinski definition) is 4. The van der Waals surface area contributed by atoms with Crippen LogP contribution in [0.5, 0.6) is 0 Å². The van der Waals surface area contributed by atoms with Gasteiger partial charge in [-0.2, -0.15) is 0 Å². The van der Waals surface area contributed by atoms with Crippen molar-refractivity contribution in [3.05, 3.63) is 72.2 Å². The minimum absolute atomic E-state index is 0.0287. The summed E-state index contributed by atoms with van der Waals surface area (Å²) in [7, 11) is 0. The molecule has 0 saturated heterocycles. The monoisotopic (exact) mass is 500 g/mol. The Kier molecular flexibility index (Phi) is 5.98. The zero-order valence-corrected chi connectivity index (χ0v) is 18.6. The predicted octanol–water partition coefficient (Wildman–Crippen LogP) is 2.05. The van der Waals surface area contributed by atoms with Crippen LogP contribution in [0.25, 0.3) is 11.0 Å². The van der Waals surface area contributed by atoms with Gasteiger partial charge in [-0.3, -0.25) is 23.7 Å². The van der Waals surface area contributed by atoms with E-state index in [9.17, 15) is 24.3 Å². The molecule has 1 atom stereocenters. The minimum atomic E-state index is -1.03. The average molecular weight is 501 g/mol. The van der Waals surface area contributed by atoms with E-state index in [-0.39, 0.29) is 25.3 Å². The standard InChI is InChI=1S/C22H21BrN4O5/c23-14-6-12-2-3-15(27-20(12)17(8-14)26-21(31)22(27)32)9-18(28)25-16-4-1-11(10-24)5-13(16)7-19(29)30/h1,4-6,8,15H,2-3,7,9-10,24H2,(H,25,28)(H,26,31)(H,29,30)/t15-/m0/s1. The zero-order valence-electron chi connectivity index (χ0n) is 17.0. The Morgan fingerprint density at radius 3 is 2.75 bits per heavy atom. The number of nitrogens with zero attached hydrogens (tertiary/aromatic N) is 1. The first-order chi connectivity index (χ1) is 15.3. The maximum Gasteiger partial charge on any atom is 0.317 e. The van der Waals surface area contributed by atoms with Crippen LogP contribution in [0.15, 0.2) is 44.4 Å². The number of aromatic amines is 1. The second kappa shape index (κ2) is 8.71. The number of aromatic nitrogens is 2. The van der Waals surface area contributed by atoms with Crippen LogP contribution in [-0.4, -0.2) is 26.5 Å². The zero-order chi connectivity index (χ0) is 23.0. The molecule has 5 N–H and O–H groups in total. The molecular weight excluding hydrogens is 480 g/mol. The van der Waals surface area contributed by atoms with Crippen LogP contribution >= 0.6 is 15.9 Å². The number of aliphatic carboxylic acids is 1. The highest BCUT2D eigenvalue weighted by Crippen LogP contribution is 2.32. The van der Waals surface area contributed by atoms with Gasteiger partial charge in [-0.1, -0.05) is 28.1 Å². The molecule has 0 fully saturated rings. The number of H-pyrrole nitrogens is 1. The van der Waals surface area contributed by atoms with Gasteiger partial charge < -0.3 is 21.1 Å². The topological polar surface area (TPSA) is 147 Å². The van der Waals surface area contributed by atoms with E-state index in [1.807, 2.05) is 6.07 Å². The number of carbonyl (C=O) groups excluding carboxylic acids is 1. The molecule has 0 radical (unpaired) electrons. The molecule has 10 heteroatoms. The molecule has 0 bridgehead atoms. The van der Waals surface area contributed by atoms with E-state index in [0.717, 1.165) is 15.6 Å². The Balaban J connectivity index is 1.65. The number of nitrogens with two attached hydrogens (primary N) is 1. The van der Waals surface area contributed by atoms with E-state index >= 15 is 0 Å². The van der Waals surface area contributed by atoms with Gasteiger partial charge in [-0.25, -0.2) is 0 Å². The van der Waals surface area contributed by atoms with Gasteiger partial charge in [-0.15, -0.1) is 0 Å². The molecule has 1 aromatic heterocycles. The number of rotatable bonds is 6.